The second-order valence-electron chi connectivity index (χ2n) is 7.05. The molecular weight excluding hydrogens is 358 g/mol. The summed E-state index contributed by atoms with van der Waals surface area (Å²) >= 11 is 0. The number of hydrogen-bond acceptors (Lipinski definition) is 6. The highest BCUT2D eigenvalue weighted by atomic mass is 16.5. The quantitative estimate of drug-likeness (QED) is 0.742. The average Bonchev–Trinajstić information content (AvgIpc) is 3.28. The highest BCUT2D eigenvalue weighted by Gasteiger charge is 2.27. The van der Waals surface area contributed by atoms with E-state index < -0.39 is 0 Å². The van der Waals surface area contributed by atoms with E-state index in [2.05, 4.69) is 20.3 Å². The Balaban J connectivity index is 1.43. The fourth-order valence-electron chi connectivity index (χ4n) is 3.62. The Morgan fingerprint density at radius 3 is 2.64 bits per heavy atom. The molecule has 8 heteroatoms. The van der Waals surface area contributed by atoms with Gasteiger partial charge in [-0.05, 0) is 43.9 Å². The molecule has 1 aliphatic heterocycles. The van der Waals surface area contributed by atoms with Gasteiger partial charge in [-0.1, -0.05) is 6.07 Å². The molecule has 1 atom stereocenters. The van der Waals surface area contributed by atoms with Crippen molar-refractivity contribution in [1.29, 1.82) is 0 Å². The van der Waals surface area contributed by atoms with Crippen LogP contribution in [-0.2, 0) is 11.2 Å². The maximum absolute atomic E-state index is 12.5. The summed E-state index contributed by atoms with van der Waals surface area (Å²) in [5, 5.41) is 7.28. The largest absolute Gasteiger partial charge is 0.493 e. The summed E-state index contributed by atoms with van der Waals surface area (Å²) in [6, 6.07) is 6.06. The van der Waals surface area contributed by atoms with Crippen LogP contribution in [0.5, 0.6) is 11.5 Å². The van der Waals surface area contributed by atoms with Gasteiger partial charge in [-0.2, -0.15) is 5.10 Å². The van der Waals surface area contributed by atoms with Gasteiger partial charge in [0.25, 0.3) is 0 Å². The number of rotatable bonds is 8. The van der Waals surface area contributed by atoms with E-state index >= 15 is 0 Å². The maximum Gasteiger partial charge on any atom is 0.237 e. The van der Waals surface area contributed by atoms with Gasteiger partial charge in [0.2, 0.25) is 5.91 Å². The molecule has 1 N–H and O–H groups in total. The summed E-state index contributed by atoms with van der Waals surface area (Å²) in [5.41, 5.74) is 1.10. The van der Waals surface area contributed by atoms with Crippen molar-refractivity contribution in [2.24, 2.45) is 0 Å². The Morgan fingerprint density at radius 1 is 1.25 bits per heavy atom. The molecule has 0 saturated carbocycles. The summed E-state index contributed by atoms with van der Waals surface area (Å²) < 4.78 is 12.5. The van der Waals surface area contributed by atoms with Crippen molar-refractivity contribution in [1.82, 2.24) is 25.0 Å². The number of carbonyl (C=O) groups is 1. The van der Waals surface area contributed by atoms with E-state index in [-0.39, 0.29) is 11.9 Å². The molecule has 0 aliphatic carbocycles. The Morgan fingerprint density at radius 2 is 2.00 bits per heavy atom. The smallest absolute Gasteiger partial charge is 0.237 e. The number of carbonyl (C=O) groups excluding carboxylic acids is 1. The Hall–Kier alpha value is -2.61. The molecule has 1 saturated heterocycles. The van der Waals surface area contributed by atoms with Crippen molar-refractivity contribution in [2.45, 2.75) is 38.3 Å². The first-order valence-electron chi connectivity index (χ1n) is 9.69. The number of aromatic nitrogens is 3. The van der Waals surface area contributed by atoms with Crippen LogP contribution in [-0.4, -0.2) is 65.5 Å². The number of amides is 1. The lowest BCUT2D eigenvalue weighted by atomic mass is 10.0. The Bertz CT molecular complexity index is 757. The number of hydrogen-bond donors (Lipinski definition) is 1. The third kappa shape index (κ3) is 4.81. The van der Waals surface area contributed by atoms with Gasteiger partial charge >= 0.3 is 0 Å². The van der Waals surface area contributed by atoms with Crippen molar-refractivity contribution in [3.8, 4) is 11.5 Å². The van der Waals surface area contributed by atoms with Crippen LogP contribution in [0.15, 0.2) is 30.9 Å². The Kier molecular flexibility index (Phi) is 6.86. The van der Waals surface area contributed by atoms with Crippen molar-refractivity contribution in [3.63, 3.8) is 0 Å². The van der Waals surface area contributed by atoms with E-state index in [4.69, 9.17) is 9.47 Å². The van der Waals surface area contributed by atoms with Crippen LogP contribution in [0.1, 0.15) is 31.4 Å². The number of piperidine rings is 1. The zero-order valence-corrected chi connectivity index (χ0v) is 16.8. The number of benzene rings is 1. The first kappa shape index (κ1) is 20.1. The molecular formula is C20H29N5O3. The predicted molar refractivity (Wildman–Crippen MR) is 106 cm³/mol. The van der Waals surface area contributed by atoms with Crippen molar-refractivity contribution >= 4 is 5.91 Å². The predicted octanol–water partition coefficient (Wildman–Crippen LogP) is 1.68. The summed E-state index contributed by atoms with van der Waals surface area (Å²) in [5.74, 6) is 1.48. The molecule has 1 unspecified atom stereocenters. The Labute approximate surface area is 165 Å². The van der Waals surface area contributed by atoms with Crippen LogP contribution < -0.4 is 14.8 Å². The molecule has 1 aliphatic rings. The highest BCUT2D eigenvalue weighted by molar-refractivity contribution is 5.81. The van der Waals surface area contributed by atoms with Crippen LogP contribution in [0.3, 0.4) is 0 Å². The minimum Gasteiger partial charge on any atom is -0.493 e. The molecule has 8 nitrogen and oxygen atoms in total. The molecule has 1 amide bonds. The normalized spacial score (nSPS) is 16.5. The molecule has 2 heterocycles. The minimum atomic E-state index is -0.137. The van der Waals surface area contributed by atoms with Crippen LogP contribution in [0.4, 0.5) is 0 Å². The number of methoxy groups -OCH3 is 2. The van der Waals surface area contributed by atoms with Gasteiger partial charge in [-0.3, -0.25) is 9.69 Å². The molecule has 28 heavy (non-hydrogen) atoms. The summed E-state index contributed by atoms with van der Waals surface area (Å²) in [6.45, 7) is 4.33. The maximum atomic E-state index is 12.5. The molecule has 3 rings (SSSR count). The lowest BCUT2D eigenvalue weighted by Gasteiger charge is -2.35. The van der Waals surface area contributed by atoms with Gasteiger partial charge in [0.05, 0.1) is 26.3 Å². The number of likely N-dealkylation sites (tertiary alicyclic amines) is 1. The van der Waals surface area contributed by atoms with E-state index in [0.717, 1.165) is 37.9 Å². The second-order valence-corrected chi connectivity index (χ2v) is 7.05. The second kappa shape index (κ2) is 9.54. The van der Waals surface area contributed by atoms with Crippen LogP contribution in [0.25, 0.3) is 0 Å². The molecule has 0 spiro atoms. The standard InChI is InChI=1S/C20H29N5O3/c1-15(24-10-7-17(8-11-24)25-14-21-13-23-25)20(26)22-9-6-16-4-5-18(27-2)19(12-16)28-3/h4-5,12-15,17H,6-11H2,1-3H3,(H,22,26). The zero-order valence-electron chi connectivity index (χ0n) is 16.8. The monoisotopic (exact) mass is 387 g/mol. The third-order valence-corrected chi connectivity index (χ3v) is 5.40. The number of ether oxygens (including phenoxy) is 2. The van der Waals surface area contributed by atoms with E-state index in [1.165, 1.54) is 0 Å². The van der Waals surface area contributed by atoms with Gasteiger partial charge in [-0.25, -0.2) is 9.67 Å². The van der Waals surface area contributed by atoms with E-state index in [9.17, 15) is 4.79 Å². The fraction of sp³-hybridized carbons (Fsp3) is 0.550. The summed E-state index contributed by atoms with van der Waals surface area (Å²) in [7, 11) is 3.24. The molecule has 1 fully saturated rings. The van der Waals surface area contributed by atoms with Gasteiger partial charge in [0.15, 0.2) is 11.5 Å². The molecule has 1 aromatic heterocycles. The molecule has 1 aromatic carbocycles. The lowest BCUT2D eigenvalue weighted by molar-refractivity contribution is -0.126. The van der Waals surface area contributed by atoms with E-state index in [1.54, 1.807) is 26.9 Å². The van der Waals surface area contributed by atoms with Crippen LogP contribution >= 0.6 is 0 Å². The highest BCUT2D eigenvalue weighted by Crippen LogP contribution is 2.27. The average molecular weight is 387 g/mol. The lowest BCUT2D eigenvalue weighted by Crippen LogP contribution is -2.48. The summed E-state index contributed by atoms with van der Waals surface area (Å²) in [6.07, 6.45) is 6.04. The number of nitrogens with zero attached hydrogens (tertiary/aromatic N) is 4. The molecule has 0 bridgehead atoms. The fourth-order valence-corrected chi connectivity index (χ4v) is 3.62. The van der Waals surface area contributed by atoms with Crippen LogP contribution in [0.2, 0.25) is 0 Å². The topological polar surface area (TPSA) is 81.5 Å². The SMILES string of the molecule is COc1ccc(CCNC(=O)C(C)N2CCC(n3cncn3)CC2)cc1OC. The van der Waals surface area contributed by atoms with Crippen LogP contribution in [0, 0.1) is 0 Å². The van der Waals surface area contributed by atoms with E-state index in [0.29, 0.717) is 24.1 Å². The van der Waals surface area contributed by atoms with Crippen molar-refractivity contribution in [3.05, 3.63) is 36.4 Å². The first-order valence-corrected chi connectivity index (χ1v) is 9.69. The minimum absolute atomic E-state index is 0.0692. The molecule has 2 aromatic rings. The molecule has 0 radical (unpaired) electrons. The van der Waals surface area contributed by atoms with Gasteiger partial charge in [0, 0.05) is 19.6 Å². The van der Waals surface area contributed by atoms with Gasteiger partial charge < -0.3 is 14.8 Å². The number of nitrogens with one attached hydrogen (secondary N) is 1. The van der Waals surface area contributed by atoms with Gasteiger partial charge in [0.1, 0.15) is 12.7 Å². The zero-order chi connectivity index (χ0) is 19.9. The van der Waals surface area contributed by atoms with Crippen molar-refractivity contribution < 1.29 is 14.3 Å². The van der Waals surface area contributed by atoms with Crippen molar-refractivity contribution in [2.75, 3.05) is 33.9 Å². The van der Waals surface area contributed by atoms with E-state index in [1.807, 2.05) is 29.8 Å². The molecule has 152 valence electrons. The van der Waals surface area contributed by atoms with Gasteiger partial charge in [-0.15, -0.1) is 0 Å². The summed E-state index contributed by atoms with van der Waals surface area (Å²) in [4.78, 5) is 18.8. The first-order chi connectivity index (χ1) is 13.6. The third-order valence-electron chi connectivity index (χ3n) is 5.40.